The van der Waals surface area contributed by atoms with Crippen molar-refractivity contribution in [2.24, 2.45) is 5.92 Å². The minimum absolute atomic E-state index is 0.0334. The van der Waals surface area contributed by atoms with Crippen LogP contribution in [-0.4, -0.2) is 18.6 Å². The van der Waals surface area contributed by atoms with Crippen molar-refractivity contribution in [1.29, 1.82) is 0 Å². The number of hydrogen-bond donors (Lipinski definition) is 1. The van der Waals surface area contributed by atoms with Crippen molar-refractivity contribution < 1.29 is 17.9 Å². The van der Waals surface area contributed by atoms with E-state index in [9.17, 15) is 13.2 Å². The SMILES string of the molecule is CNc1cc(C(F)(F)F)cc(OCC2CCCC2)n1. The van der Waals surface area contributed by atoms with E-state index in [4.69, 9.17) is 4.74 Å². The second-order valence-electron chi connectivity index (χ2n) is 4.79. The summed E-state index contributed by atoms with van der Waals surface area (Å²) >= 11 is 0. The van der Waals surface area contributed by atoms with Crippen LogP contribution in [0.3, 0.4) is 0 Å². The van der Waals surface area contributed by atoms with Crippen LogP contribution >= 0.6 is 0 Å². The fraction of sp³-hybridized carbons (Fsp3) is 0.615. The predicted octanol–water partition coefficient (Wildman–Crippen LogP) is 3.71. The van der Waals surface area contributed by atoms with E-state index in [0.717, 1.165) is 25.0 Å². The molecule has 0 atom stereocenters. The highest BCUT2D eigenvalue weighted by molar-refractivity contribution is 5.42. The maximum Gasteiger partial charge on any atom is 0.416 e. The van der Waals surface area contributed by atoms with E-state index in [1.807, 2.05) is 0 Å². The molecular formula is C13H17F3N2O. The molecule has 0 unspecified atom stereocenters. The van der Waals surface area contributed by atoms with E-state index in [1.54, 1.807) is 0 Å². The first-order valence-corrected chi connectivity index (χ1v) is 6.39. The summed E-state index contributed by atoms with van der Waals surface area (Å²) in [5.41, 5.74) is -0.742. The maximum absolute atomic E-state index is 12.7. The smallest absolute Gasteiger partial charge is 0.416 e. The number of pyridine rings is 1. The first-order chi connectivity index (χ1) is 8.99. The Morgan fingerprint density at radius 1 is 1.32 bits per heavy atom. The number of alkyl halides is 3. The Bertz CT molecular complexity index is 428. The first kappa shape index (κ1) is 14.0. The molecule has 1 N–H and O–H groups in total. The third-order valence-electron chi connectivity index (χ3n) is 3.33. The molecule has 6 heteroatoms. The highest BCUT2D eigenvalue weighted by Crippen LogP contribution is 2.33. The van der Waals surface area contributed by atoms with Gasteiger partial charge in [0.15, 0.2) is 0 Å². The van der Waals surface area contributed by atoms with Crippen molar-refractivity contribution >= 4 is 5.82 Å². The van der Waals surface area contributed by atoms with Gasteiger partial charge in [0.05, 0.1) is 12.2 Å². The monoisotopic (exact) mass is 274 g/mol. The van der Waals surface area contributed by atoms with Crippen molar-refractivity contribution in [2.45, 2.75) is 31.9 Å². The molecule has 0 aromatic carbocycles. The Kier molecular flexibility index (Phi) is 4.17. The first-order valence-electron chi connectivity index (χ1n) is 6.39. The predicted molar refractivity (Wildman–Crippen MR) is 66.2 cm³/mol. The summed E-state index contributed by atoms with van der Waals surface area (Å²) in [4.78, 5) is 3.99. The van der Waals surface area contributed by atoms with Crippen LogP contribution in [0.25, 0.3) is 0 Å². The van der Waals surface area contributed by atoms with Gasteiger partial charge in [-0.2, -0.15) is 18.2 Å². The number of aromatic nitrogens is 1. The van der Waals surface area contributed by atoms with Crippen molar-refractivity contribution in [1.82, 2.24) is 4.98 Å². The number of anilines is 1. The molecule has 106 valence electrons. The summed E-state index contributed by atoms with van der Waals surface area (Å²) in [5, 5.41) is 2.62. The number of ether oxygens (including phenoxy) is 1. The second kappa shape index (κ2) is 5.67. The number of nitrogens with one attached hydrogen (secondary N) is 1. The van der Waals surface area contributed by atoms with Gasteiger partial charge < -0.3 is 10.1 Å². The van der Waals surface area contributed by atoms with Crippen LogP contribution in [0.4, 0.5) is 19.0 Å². The Hall–Kier alpha value is -1.46. The Labute approximate surface area is 110 Å². The average Bonchev–Trinajstić information content (AvgIpc) is 2.88. The zero-order valence-electron chi connectivity index (χ0n) is 10.8. The molecule has 2 rings (SSSR count). The summed E-state index contributed by atoms with van der Waals surface area (Å²) in [7, 11) is 1.53. The highest BCUT2D eigenvalue weighted by Gasteiger charge is 2.32. The van der Waals surface area contributed by atoms with Gasteiger partial charge in [-0.15, -0.1) is 0 Å². The van der Waals surface area contributed by atoms with Crippen LogP contribution in [0, 0.1) is 5.92 Å². The summed E-state index contributed by atoms with van der Waals surface area (Å²) in [6, 6.07) is 1.93. The topological polar surface area (TPSA) is 34.1 Å². The molecular weight excluding hydrogens is 257 g/mol. The Morgan fingerprint density at radius 3 is 2.58 bits per heavy atom. The van der Waals surface area contributed by atoms with Gasteiger partial charge in [-0.05, 0) is 24.8 Å². The van der Waals surface area contributed by atoms with Gasteiger partial charge >= 0.3 is 6.18 Å². The molecule has 0 spiro atoms. The molecule has 19 heavy (non-hydrogen) atoms. The minimum Gasteiger partial charge on any atom is -0.477 e. The Balaban J connectivity index is 2.10. The lowest BCUT2D eigenvalue weighted by Crippen LogP contribution is -2.12. The van der Waals surface area contributed by atoms with Gasteiger partial charge in [-0.3, -0.25) is 0 Å². The maximum atomic E-state index is 12.7. The van der Waals surface area contributed by atoms with Crippen LogP contribution in [0.2, 0.25) is 0 Å². The zero-order chi connectivity index (χ0) is 13.9. The molecule has 0 amide bonds. The highest BCUT2D eigenvalue weighted by atomic mass is 19.4. The third-order valence-corrected chi connectivity index (χ3v) is 3.33. The van der Waals surface area contributed by atoms with Gasteiger partial charge in [-0.1, -0.05) is 12.8 Å². The molecule has 3 nitrogen and oxygen atoms in total. The van der Waals surface area contributed by atoms with Crippen LogP contribution in [0.15, 0.2) is 12.1 Å². The molecule has 0 saturated heterocycles. The molecule has 0 bridgehead atoms. The van der Waals surface area contributed by atoms with E-state index < -0.39 is 11.7 Å². The standard InChI is InChI=1S/C13H17F3N2O/c1-17-11-6-10(13(14,15)16)7-12(18-11)19-8-9-4-2-3-5-9/h6-7,9H,2-5,8H2,1H3,(H,17,18). The molecule has 1 aliphatic carbocycles. The third kappa shape index (κ3) is 3.75. The van der Waals surface area contributed by atoms with Crippen LogP contribution in [0.1, 0.15) is 31.2 Å². The van der Waals surface area contributed by atoms with E-state index in [2.05, 4.69) is 10.3 Å². The minimum atomic E-state index is -4.39. The van der Waals surface area contributed by atoms with Crippen LogP contribution in [-0.2, 0) is 6.18 Å². The molecule has 1 heterocycles. The van der Waals surface area contributed by atoms with Gasteiger partial charge in [-0.25, -0.2) is 0 Å². The van der Waals surface area contributed by atoms with Gasteiger partial charge in [0.2, 0.25) is 5.88 Å². The van der Waals surface area contributed by atoms with E-state index in [0.29, 0.717) is 12.5 Å². The summed E-state index contributed by atoms with van der Waals surface area (Å²) in [5.74, 6) is 0.636. The van der Waals surface area contributed by atoms with Crippen LogP contribution < -0.4 is 10.1 Å². The van der Waals surface area contributed by atoms with Crippen molar-refractivity contribution in [3.05, 3.63) is 17.7 Å². The molecule has 0 radical (unpaired) electrons. The molecule has 1 aromatic heterocycles. The lowest BCUT2D eigenvalue weighted by molar-refractivity contribution is -0.137. The van der Waals surface area contributed by atoms with E-state index >= 15 is 0 Å². The van der Waals surface area contributed by atoms with Crippen molar-refractivity contribution in [3.8, 4) is 5.88 Å². The lowest BCUT2D eigenvalue weighted by Gasteiger charge is -2.14. The van der Waals surface area contributed by atoms with Gasteiger partial charge in [0.1, 0.15) is 5.82 Å². The molecule has 1 saturated carbocycles. The normalized spacial score (nSPS) is 16.6. The number of hydrogen-bond acceptors (Lipinski definition) is 3. The number of nitrogens with zero attached hydrogens (tertiary/aromatic N) is 1. The van der Waals surface area contributed by atoms with E-state index in [-0.39, 0.29) is 11.7 Å². The molecule has 0 aliphatic heterocycles. The quantitative estimate of drug-likeness (QED) is 0.908. The molecule has 1 aliphatic rings. The second-order valence-corrected chi connectivity index (χ2v) is 4.79. The average molecular weight is 274 g/mol. The van der Waals surface area contributed by atoms with Crippen LogP contribution in [0.5, 0.6) is 5.88 Å². The number of rotatable bonds is 4. The Morgan fingerprint density at radius 2 is 2.00 bits per heavy atom. The lowest BCUT2D eigenvalue weighted by atomic mass is 10.1. The largest absolute Gasteiger partial charge is 0.477 e. The van der Waals surface area contributed by atoms with Gasteiger partial charge in [0.25, 0.3) is 0 Å². The van der Waals surface area contributed by atoms with Crippen molar-refractivity contribution in [2.75, 3.05) is 19.0 Å². The summed E-state index contributed by atoms with van der Waals surface area (Å²) < 4.78 is 43.6. The van der Waals surface area contributed by atoms with Gasteiger partial charge in [0, 0.05) is 13.1 Å². The molecule has 1 aromatic rings. The fourth-order valence-electron chi connectivity index (χ4n) is 2.25. The summed E-state index contributed by atoms with van der Waals surface area (Å²) in [6.07, 6.45) is 0.118. The zero-order valence-corrected chi connectivity index (χ0v) is 10.8. The van der Waals surface area contributed by atoms with Crippen molar-refractivity contribution in [3.63, 3.8) is 0 Å². The number of halogens is 3. The molecule has 1 fully saturated rings. The van der Waals surface area contributed by atoms with E-state index in [1.165, 1.54) is 19.9 Å². The fourth-order valence-corrected chi connectivity index (χ4v) is 2.25. The summed E-state index contributed by atoms with van der Waals surface area (Å²) in [6.45, 7) is 0.442.